The highest BCUT2D eigenvalue weighted by Crippen LogP contribution is 2.02. The zero-order valence-electron chi connectivity index (χ0n) is 11.1. The molecule has 0 saturated heterocycles. The number of benzene rings is 1. The van der Waals surface area contributed by atoms with Gasteiger partial charge < -0.3 is 5.32 Å². The Hall–Kier alpha value is -1.62. The number of hydrogen-bond donors (Lipinski definition) is 3. The predicted molar refractivity (Wildman–Crippen MR) is 77.3 cm³/mol. The summed E-state index contributed by atoms with van der Waals surface area (Å²) in [4.78, 5) is 11.8. The molecule has 0 aromatic heterocycles. The number of carbonyl (C=O) groups is 1. The number of carbonyl (C=O) groups excluding carboxylic acids is 1. The van der Waals surface area contributed by atoms with Gasteiger partial charge in [0.2, 0.25) is 0 Å². The normalized spacial score (nSPS) is 10.7. The van der Waals surface area contributed by atoms with E-state index in [-0.39, 0.29) is 11.4 Å². The zero-order chi connectivity index (χ0) is 13.8. The lowest BCUT2D eigenvalue weighted by Crippen LogP contribution is -2.52. The number of rotatable bonds is 1. The van der Waals surface area contributed by atoms with Crippen molar-refractivity contribution in [3.05, 3.63) is 35.4 Å². The first-order valence-electron chi connectivity index (χ1n) is 5.73. The molecule has 1 aromatic rings. The Morgan fingerprint density at radius 2 is 1.67 bits per heavy atom. The van der Waals surface area contributed by atoms with Gasteiger partial charge in [0.25, 0.3) is 5.91 Å². The highest BCUT2D eigenvalue weighted by molar-refractivity contribution is 7.80. The van der Waals surface area contributed by atoms with E-state index in [4.69, 9.17) is 12.2 Å². The van der Waals surface area contributed by atoms with E-state index in [1.807, 2.05) is 39.8 Å². The van der Waals surface area contributed by atoms with E-state index in [2.05, 4.69) is 16.2 Å². The molecule has 0 bridgehead atoms. The topological polar surface area (TPSA) is 53.2 Å². The number of nitrogens with one attached hydrogen (secondary N) is 3. The molecule has 0 aliphatic rings. The van der Waals surface area contributed by atoms with Crippen molar-refractivity contribution in [2.24, 2.45) is 0 Å². The average Bonchev–Trinajstić information content (AvgIpc) is 2.24. The van der Waals surface area contributed by atoms with Crippen molar-refractivity contribution >= 4 is 23.2 Å². The molecule has 0 radical (unpaired) electrons. The summed E-state index contributed by atoms with van der Waals surface area (Å²) in [5.41, 5.74) is 6.79. The summed E-state index contributed by atoms with van der Waals surface area (Å²) in [5, 5.41) is 3.43. The van der Waals surface area contributed by atoms with Gasteiger partial charge in [0.15, 0.2) is 5.11 Å². The second kappa shape index (κ2) is 5.82. The van der Waals surface area contributed by atoms with Crippen LogP contribution in [0.5, 0.6) is 0 Å². The molecule has 0 unspecified atom stereocenters. The first-order valence-corrected chi connectivity index (χ1v) is 6.14. The lowest BCUT2D eigenvalue weighted by Gasteiger charge is -2.23. The Balaban J connectivity index is 2.47. The number of amides is 1. The maximum Gasteiger partial charge on any atom is 0.269 e. The standard InChI is InChI=1S/C13H19N3OS/c1-9-5-7-10(8-6-9)11(17)15-16-12(18)14-13(2,3)4/h5-8H,1-4H3,(H,15,17)(H2,14,16,18). The van der Waals surface area contributed by atoms with Crippen molar-refractivity contribution in [2.75, 3.05) is 0 Å². The molecule has 5 heteroatoms. The molecular weight excluding hydrogens is 246 g/mol. The van der Waals surface area contributed by atoms with Gasteiger partial charge in [-0.3, -0.25) is 15.6 Å². The van der Waals surface area contributed by atoms with Gasteiger partial charge in [-0.25, -0.2) is 0 Å². The summed E-state index contributed by atoms with van der Waals surface area (Å²) < 4.78 is 0. The molecule has 0 aliphatic carbocycles. The average molecular weight is 265 g/mol. The van der Waals surface area contributed by atoms with E-state index >= 15 is 0 Å². The lowest BCUT2D eigenvalue weighted by molar-refractivity contribution is 0.0943. The van der Waals surface area contributed by atoms with Gasteiger partial charge in [0.1, 0.15) is 0 Å². The molecular formula is C13H19N3OS. The van der Waals surface area contributed by atoms with Crippen LogP contribution in [0.3, 0.4) is 0 Å². The number of aryl methyl sites for hydroxylation is 1. The molecule has 1 amide bonds. The van der Waals surface area contributed by atoms with Gasteiger partial charge in [-0.15, -0.1) is 0 Å². The highest BCUT2D eigenvalue weighted by atomic mass is 32.1. The zero-order valence-corrected chi connectivity index (χ0v) is 11.9. The van der Waals surface area contributed by atoms with Crippen LogP contribution in [0, 0.1) is 6.92 Å². The second-order valence-corrected chi connectivity index (χ2v) is 5.56. The predicted octanol–water partition coefficient (Wildman–Crippen LogP) is 1.90. The van der Waals surface area contributed by atoms with Crippen LogP contribution in [-0.4, -0.2) is 16.6 Å². The fourth-order valence-corrected chi connectivity index (χ4v) is 1.62. The van der Waals surface area contributed by atoms with E-state index in [0.29, 0.717) is 10.7 Å². The molecule has 0 atom stereocenters. The molecule has 1 rings (SSSR count). The monoisotopic (exact) mass is 265 g/mol. The van der Waals surface area contributed by atoms with Crippen LogP contribution in [0.1, 0.15) is 36.7 Å². The third-order valence-electron chi connectivity index (χ3n) is 2.09. The minimum atomic E-state index is -0.215. The van der Waals surface area contributed by atoms with E-state index in [9.17, 15) is 4.79 Å². The maximum atomic E-state index is 11.8. The van der Waals surface area contributed by atoms with E-state index in [1.165, 1.54) is 0 Å². The van der Waals surface area contributed by atoms with Crippen molar-refractivity contribution < 1.29 is 4.79 Å². The Labute approximate surface area is 113 Å². The van der Waals surface area contributed by atoms with Crippen molar-refractivity contribution in [2.45, 2.75) is 33.2 Å². The number of hydrogen-bond acceptors (Lipinski definition) is 2. The van der Waals surface area contributed by atoms with Crippen LogP contribution >= 0.6 is 12.2 Å². The molecule has 98 valence electrons. The molecule has 4 nitrogen and oxygen atoms in total. The molecule has 1 aromatic carbocycles. The van der Waals surface area contributed by atoms with Crippen LogP contribution in [-0.2, 0) is 0 Å². The Bertz CT molecular complexity index is 435. The van der Waals surface area contributed by atoms with Crippen LogP contribution in [0.4, 0.5) is 0 Å². The first-order chi connectivity index (χ1) is 8.28. The number of thiocarbonyl (C=S) groups is 1. The van der Waals surface area contributed by atoms with Gasteiger partial charge in [-0.2, -0.15) is 0 Å². The molecule has 0 fully saturated rings. The van der Waals surface area contributed by atoms with Crippen LogP contribution in [0.15, 0.2) is 24.3 Å². The summed E-state index contributed by atoms with van der Waals surface area (Å²) in [6.45, 7) is 7.94. The summed E-state index contributed by atoms with van der Waals surface area (Å²) in [6, 6.07) is 7.32. The summed E-state index contributed by atoms with van der Waals surface area (Å²) in [7, 11) is 0. The number of hydrazine groups is 1. The molecule has 0 aliphatic heterocycles. The van der Waals surface area contributed by atoms with Crippen molar-refractivity contribution in [1.29, 1.82) is 0 Å². The quantitative estimate of drug-likeness (QED) is 0.536. The van der Waals surface area contributed by atoms with Gasteiger partial charge in [0.05, 0.1) is 0 Å². The lowest BCUT2D eigenvalue weighted by atomic mass is 10.1. The first kappa shape index (κ1) is 14.4. The van der Waals surface area contributed by atoms with Gasteiger partial charge in [0, 0.05) is 11.1 Å². The van der Waals surface area contributed by atoms with E-state index in [0.717, 1.165) is 5.56 Å². The van der Waals surface area contributed by atoms with Crippen molar-refractivity contribution in [3.8, 4) is 0 Å². The minimum Gasteiger partial charge on any atom is -0.357 e. The van der Waals surface area contributed by atoms with Crippen LogP contribution in [0.25, 0.3) is 0 Å². The Kier molecular flexibility index (Phi) is 4.67. The fraction of sp³-hybridized carbons (Fsp3) is 0.385. The molecule has 0 heterocycles. The van der Waals surface area contributed by atoms with Gasteiger partial charge >= 0.3 is 0 Å². The van der Waals surface area contributed by atoms with Crippen LogP contribution in [0.2, 0.25) is 0 Å². The van der Waals surface area contributed by atoms with Crippen molar-refractivity contribution in [1.82, 2.24) is 16.2 Å². The smallest absolute Gasteiger partial charge is 0.269 e. The van der Waals surface area contributed by atoms with Crippen LogP contribution < -0.4 is 16.2 Å². The second-order valence-electron chi connectivity index (χ2n) is 5.15. The molecule has 0 saturated carbocycles. The summed E-state index contributed by atoms with van der Waals surface area (Å²) in [5.74, 6) is -0.215. The molecule has 0 spiro atoms. The third kappa shape index (κ3) is 5.14. The maximum absolute atomic E-state index is 11.8. The van der Waals surface area contributed by atoms with E-state index in [1.54, 1.807) is 12.1 Å². The van der Waals surface area contributed by atoms with Crippen molar-refractivity contribution in [3.63, 3.8) is 0 Å². The third-order valence-corrected chi connectivity index (χ3v) is 2.30. The van der Waals surface area contributed by atoms with Gasteiger partial charge in [-0.1, -0.05) is 17.7 Å². The SMILES string of the molecule is Cc1ccc(C(=O)NNC(=S)NC(C)(C)C)cc1. The fourth-order valence-electron chi connectivity index (χ4n) is 1.26. The largest absolute Gasteiger partial charge is 0.357 e. The Morgan fingerprint density at radius 1 is 1.11 bits per heavy atom. The summed E-state index contributed by atoms with van der Waals surface area (Å²) >= 11 is 5.05. The van der Waals surface area contributed by atoms with Gasteiger partial charge in [-0.05, 0) is 52.0 Å². The highest BCUT2D eigenvalue weighted by Gasteiger charge is 2.11. The molecule has 3 N–H and O–H groups in total. The minimum absolute atomic E-state index is 0.140. The summed E-state index contributed by atoms with van der Waals surface area (Å²) in [6.07, 6.45) is 0. The molecule has 18 heavy (non-hydrogen) atoms. The Morgan fingerprint density at radius 3 is 2.17 bits per heavy atom. The van der Waals surface area contributed by atoms with E-state index < -0.39 is 0 Å².